The lowest BCUT2D eigenvalue weighted by Crippen LogP contribution is -2.44. The van der Waals surface area contributed by atoms with Crippen molar-refractivity contribution >= 4 is 28.5 Å². The third-order valence-electron chi connectivity index (χ3n) is 5.05. The summed E-state index contributed by atoms with van der Waals surface area (Å²) >= 11 is 6.43. The molecular weight excluding hydrogens is 365 g/mol. The second kappa shape index (κ2) is 7.02. The second-order valence-electron chi connectivity index (χ2n) is 7.04. The summed E-state index contributed by atoms with van der Waals surface area (Å²) in [5.41, 5.74) is 4.82. The molecule has 2 aromatic heterocycles. The Kier molecular flexibility index (Phi) is 4.70. The van der Waals surface area contributed by atoms with Crippen LogP contribution in [0.2, 0.25) is 5.02 Å². The number of anilines is 1. The fraction of sp³-hybridized carbons (Fsp3) is 0.350. The third kappa shape index (κ3) is 3.59. The third-order valence-corrected chi connectivity index (χ3v) is 5.34. The average molecular weight is 386 g/mol. The highest BCUT2D eigenvalue weighted by molar-refractivity contribution is 6.35. The Labute approximate surface area is 162 Å². The van der Waals surface area contributed by atoms with E-state index in [0.717, 1.165) is 43.3 Å². The number of hydrogen-bond acceptors (Lipinski definition) is 5. The minimum Gasteiger partial charge on any atom is -0.369 e. The number of aryl methyl sites for hydroxylation is 2. The monoisotopic (exact) mass is 385 g/mol. The lowest BCUT2D eigenvalue weighted by atomic mass is 10.1. The number of pyridine rings is 1. The van der Waals surface area contributed by atoms with Gasteiger partial charge in [-0.15, -0.1) is 0 Å². The van der Waals surface area contributed by atoms with E-state index in [-0.39, 0.29) is 5.82 Å². The van der Waals surface area contributed by atoms with E-state index >= 15 is 0 Å². The molecule has 0 aliphatic carbocycles. The van der Waals surface area contributed by atoms with Crippen LogP contribution in [0.15, 0.2) is 24.3 Å². The molecule has 0 atom stereocenters. The van der Waals surface area contributed by atoms with Gasteiger partial charge in [-0.3, -0.25) is 0 Å². The topological polar surface area (TPSA) is 45.2 Å². The van der Waals surface area contributed by atoms with Gasteiger partial charge in [0.25, 0.3) is 0 Å². The van der Waals surface area contributed by atoms with E-state index in [1.807, 2.05) is 19.9 Å². The number of fused-ring (bicyclic) bond motifs is 1. The molecule has 27 heavy (non-hydrogen) atoms. The highest BCUT2D eigenvalue weighted by Crippen LogP contribution is 2.30. The van der Waals surface area contributed by atoms with Gasteiger partial charge in [0.15, 0.2) is 5.65 Å². The lowest BCUT2D eigenvalue weighted by Gasteiger charge is -2.34. The number of likely N-dealkylation sites (N-methyl/N-ethyl adjacent to an activating group) is 1. The summed E-state index contributed by atoms with van der Waals surface area (Å²) in [4.78, 5) is 18.0. The van der Waals surface area contributed by atoms with Crippen molar-refractivity contribution < 1.29 is 4.39 Å². The van der Waals surface area contributed by atoms with Crippen molar-refractivity contribution in [3.63, 3.8) is 0 Å². The van der Waals surface area contributed by atoms with Crippen molar-refractivity contribution in [3.8, 4) is 11.3 Å². The van der Waals surface area contributed by atoms with Crippen LogP contribution in [0.25, 0.3) is 22.4 Å². The summed E-state index contributed by atoms with van der Waals surface area (Å²) in [6, 6.07) is 6.76. The van der Waals surface area contributed by atoms with E-state index in [4.69, 9.17) is 11.6 Å². The van der Waals surface area contributed by atoms with E-state index in [1.54, 1.807) is 12.1 Å². The molecule has 0 amide bonds. The minimum atomic E-state index is -0.286. The second-order valence-corrected chi connectivity index (χ2v) is 7.45. The predicted molar refractivity (Wildman–Crippen MR) is 107 cm³/mol. The first kappa shape index (κ1) is 18.1. The van der Waals surface area contributed by atoms with Crippen molar-refractivity contribution in [2.24, 2.45) is 0 Å². The number of piperazine rings is 1. The maximum atomic E-state index is 14.4. The summed E-state index contributed by atoms with van der Waals surface area (Å²) in [5, 5.41) is 0.469. The molecule has 1 saturated heterocycles. The smallest absolute Gasteiger partial charge is 0.180 e. The number of nitrogens with zero attached hydrogens (tertiary/aromatic N) is 5. The number of benzene rings is 1. The zero-order chi connectivity index (χ0) is 19.1. The Bertz CT molecular complexity index is 1010. The van der Waals surface area contributed by atoms with Gasteiger partial charge in [0.05, 0.1) is 22.1 Å². The highest BCUT2D eigenvalue weighted by Gasteiger charge is 2.17. The zero-order valence-electron chi connectivity index (χ0n) is 15.6. The van der Waals surface area contributed by atoms with Crippen molar-refractivity contribution in [1.82, 2.24) is 19.9 Å². The number of aromatic nitrogens is 3. The van der Waals surface area contributed by atoms with Crippen LogP contribution in [-0.2, 0) is 0 Å². The molecule has 3 aromatic rings. The molecule has 1 fully saturated rings. The van der Waals surface area contributed by atoms with Gasteiger partial charge in [0.1, 0.15) is 11.3 Å². The fourth-order valence-electron chi connectivity index (χ4n) is 3.28. The molecule has 5 nitrogen and oxygen atoms in total. The summed E-state index contributed by atoms with van der Waals surface area (Å²) in [7, 11) is 2.10. The van der Waals surface area contributed by atoms with Crippen LogP contribution in [0.1, 0.15) is 11.4 Å². The van der Waals surface area contributed by atoms with Crippen LogP contribution in [0.5, 0.6) is 0 Å². The number of halogens is 2. The van der Waals surface area contributed by atoms with Crippen LogP contribution in [0.4, 0.5) is 10.1 Å². The standard InChI is InChI=1S/C20H21ClFN5/c1-12-13(2)24-20-19(23-12)17(21)11-18(25-20)14-8-15(22)10-16(9-14)27-6-4-26(3)5-7-27/h8-11H,4-7H2,1-3H3. The first-order valence-electron chi connectivity index (χ1n) is 8.96. The maximum absolute atomic E-state index is 14.4. The van der Waals surface area contributed by atoms with Crippen LogP contribution in [0.3, 0.4) is 0 Å². The molecule has 3 heterocycles. The van der Waals surface area contributed by atoms with Gasteiger partial charge >= 0.3 is 0 Å². The van der Waals surface area contributed by atoms with Crippen molar-refractivity contribution in [2.75, 3.05) is 38.1 Å². The van der Waals surface area contributed by atoms with Gasteiger partial charge in [0.2, 0.25) is 0 Å². The first-order valence-corrected chi connectivity index (χ1v) is 9.34. The van der Waals surface area contributed by atoms with Crippen LogP contribution < -0.4 is 4.90 Å². The van der Waals surface area contributed by atoms with Crippen molar-refractivity contribution in [3.05, 3.63) is 46.5 Å². The van der Waals surface area contributed by atoms with Gasteiger partial charge in [0, 0.05) is 37.4 Å². The summed E-state index contributed by atoms with van der Waals surface area (Å²) in [5.74, 6) is -0.286. The zero-order valence-corrected chi connectivity index (χ0v) is 16.4. The highest BCUT2D eigenvalue weighted by atomic mass is 35.5. The summed E-state index contributed by atoms with van der Waals surface area (Å²) in [6.45, 7) is 7.43. The van der Waals surface area contributed by atoms with Crippen LogP contribution in [-0.4, -0.2) is 53.1 Å². The van der Waals surface area contributed by atoms with Crippen molar-refractivity contribution in [2.45, 2.75) is 13.8 Å². The quantitative estimate of drug-likeness (QED) is 0.670. The van der Waals surface area contributed by atoms with Crippen LogP contribution >= 0.6 is 11.6 Å². The number of rotatable bonds is 2. The van der Waals surface area contributed by atoms with Gasteiger partial charge in [-0.2, -0.15) is 0 Å². The Balaban J connectivity index is 1.78. The molecule has 1 aliphatic heterocycles. The molecule has 0 N–H and O–H groups in total. The van der Waals surface area contributed by atoms with Gasteiger partial charge in [-0.25, -0.2) is 19.3 Å². The normalized spacial score (nSPS) is 15.5. The molecule has 0 bridgehead atoms. The molecule has 0 radical (unpaired) electrons. The van der Waals surface area contributed by atoms with E-state index in [1.165, 1.54) is 6.07 Å². The molecule has 1 aliphatic rings. The largest absolute Gasteiger partial charge is 0.369 e. The van der Waals surface area contributed by atoms with Crippen molar-refractivity contribution in [1.29, 1.82) is 0 Å². The van der Waals surface area contributed by atoms with E-state index in [0.29, 0.717) is 27.4 Å². The molecule has 0 saturated carbocycles. The van der Waals surface area contributed by atoms with Gasteiger partial charge in [-0.1, -0.05) is 11.6 Å². The molecule has 0 spiro atoms. The van der Waals surface area contributed by atoms with Gasteiger partial charge in [-0.05, 0) is 45.2 Å². The Morgan fingerprint density at radius 1 is 0.926 bits per heavy atom. The maximum Gasteiger partial charge on any atom is 0.180 e. The van der Waals surface area contributed by atoms with E-state index in [9.17, 15) is 4.39 Å². The molecular formula is C20H21ClFN5. The predicted octanol–water partition coefficient (Wildman–Crippen LogP) is 3.85. The van der Waals surface area contributed by atoms with Gasteiger partial charge < -0.3 is 9.80 Å². The lowest BCUT2D eigenvalue weighted by molar-refractivity contribution is 0.313. The minimum absolute atomic E-state index is 0.286. The summed E-state index contributed by atoms with van der Waals surface area (Å²) < 4.78 is 14.4. The van der Waals surface area contributed by atoms with Crippen LogP contribution in [0, 0.1) is 19.7 Å². The average Bonchev–Trinajstić information content (AvgIpc) is 2.63. The Hall–Kier alpha value is -2.31. The molecule has 4 rings (SSSR count). The SMILES string of the molecule is Cc1nc2nc(-c3cc(F)cc(N4CCN(C)CC4)c3)cc(Cl)c2nc1C. The molecule has 1 aromatic carbocycles. The Morgan fingerprint density at radius 2 is 1.63 bits per heavy atom. The van der Waals surface area contributed by atoms with E-state index in [2.05, 4.69) is 31.8 Å². The fourth-order valence-corrected chi connectivity index (χ4v) is 3.51. The summed E-state index contributed by atoms with van der Waals surface area (Å²) in [6.07, 6.45) is 0. The Morgan fingerprint density at radius 3 is 2.37 bits per heavy atom. The molecule has 0 unspecified atom stereocenters. The molecule has 140 valence electrons. The van der Waals surface area contributed by atoms with E-state index < -0.39 is 0 Å². The first-order chi connectivity index (χ1) is 12.9. The number of hydrogen-bond donors (Lipinski definition) is 0. The molecule has 7 heteroatoms.